The lowest BCUT2D eigenvalue weighted by Crippen LogP contribution is -2.36. The Labute approximate surface area is 154 Å². The second kappa shape index (κ2) is 7.72. The molecule has 140 valence electrons. The fourth-order valence-corrected chi connectivity index (χ4v) is 2.80. The smallest absolute Gasteiger partial charge is 0.378 e. The zero-order valence-corrected chi connectivity index (χ0v) is 14.3. The van der Waals surface area contributed by atoms with Gasteiger partial charge in [0.15, 0.2) is 0 Å². The van der Waals surface area contributed by atoms with Crippen molar-refractivity contribution >= 4 is 17.3 Å². The minimum atomic E-state index is -4.55. The lowest BCUT2D eigenvalue weighted by Gasteiger charge is -2.29. The lowest BCUT2D eigenvalue weighted by atomic mass is 10.1. The van der Waals surface area contributed by atoms with Crippen LogP contribution < -0.4 is 10.2 Å². The number of nitrogens with zero attached hydrogens (tertiary/aromatic N) is 1. The van der Waals surface area contributed by atoms with E-state index in [0.717, 1.165) is 12.1 Å². The topological polar surface area (TPSA) is 41.6 Å². The van der Waals surface area contributed by atoms with Gasteiger partial charge in [0.25, 0.3) is 5.91 Å². The summed E-state index contributed by atoms with van der Waals surface area (Å²) in [4.78, 5) is 14.3. The van der Waals surface area contributed by atoms with Crippen molar-refractivity contribution in [3.8, 4) is 12.3 Å². The molecule has 0 saturated carbocycles. The zero-order valence-electron chi connectivity index (χ0n) is 14.3. The third-order valence-electron chi connectivity index (χ3n) is 4.17. The Morgan fingerprint density at radius 1 is 1.15 bits per heavy atom. The summed E-state index contributed by atoms with van der Waals surface area (Å²) in [5.41, 5.74) is 0.383. The molecule has 0 aliphatic carbocycles. The minimum absolute atomic E-state index is 0.0718. The van der Waals surface area contributed by atoms with Gasteiger partial charge in [-0.2, -0.15) is 13.2 Å². The van der Waals surface area contributed by atoms with Crippen LogP contribution in [0.25, 0.3) is 0 Å². The number of morpholine rings is 1. The number of hydrogen-bond donors (Lipinski definition) is 1. The van der Waals surface area contributed by atoms with Crippen LogP contribution in [0.4, 0.5) is 24.5 Å². The van der Waals surface area contributed by atoms with E-state index in [1.165, 1.54) is 6.07 Å². The third kappa shape index (κ3) is 4.60. The van der Waals surface area contributed by atoms with Crippen molar-refractivity contribution < 1.29 is 22.7 Å². The van der Waals surface area contributed by atoms with E-state index in [2.05, 4.69) is 11.2 Å². The summed E-state index contributed by atoms with van der Waals surface area (Å²) in [5, 5.41) is 2.60. The summed E-state index contributed by atoms with van der Waals surface area (Å²) in [6.07, 6.45) is 0.773. The highest BCUT2D eigenvalue weighted by Gasteiger charge is 2.32. The van der Waals surface area contributed by atoms with Crippen molar-refractivity contribution in [2.75, 3.05) is 36.5 Å². The van der Waals surface area contributed by atoms with Gasteiger partial charge in [-0.25, -0.2) is 0 Å². The highest BCUT2D eigenvalue weighted by atomic mass is 19.4. The van der Waals surface area contributed by atoms with Gasteiger partial charge in [0, 0.05) is 35.6 Å². The zero-order chi connectivity index (χ0) is 19.4. The maximum absolute atomic E-state index is 13.3. The predicted molar refractivity (Wildman–Crippen MR) is 96.8 cm³/mol. The standard InChI is InChI=1S/C20H17F3N2O2/c1-2-14-4-3-5-17(10-14)24-19(26)15-11-16(20(21,22)23)13-18(12-15)25-6-8-27-9-7-25/h1,3-5,10-13H,6-9H2,(H,24,26). The summed E-state index contributed by atoms with van der Waals surface area (Å²) in [6, 6.07) is 9.92. The van der Waals surface area contributed by atoms with E-state index >= 15 is 0 Å². The number of nitrogens with one attached hydrogen (secondary N) is 1. The molecule has 1 amide bonds. The molecular weight excluding hydrogens is 357 g/mol. The van der Waals surface area contributed by atoms with E-state index in [1.54, 1.807) is 29.2 Å². The largest absolute Gasteiger partial charge is 0.416 e. The van der Waals surface area contributed by atoms with E-state index in [1.807, 2.05) is 0 Å². The van der Waals surface area contributed by atoms with Crippen LogP contribution in [-0.4, -0.2) is 32.2 Å². The van der Waals surface area contributed by atoms with E-state index < -0.39 is 17.6 Å². The van der Waals surface area contributed by atoms with Gasteiger partial charge in [-0.3, -0.25) is 4.79 Å². The molecule has 0 radical (unpaired) electrons. The monoisotopic (exact) mass is 374 g/mol. The molecule has 1 N–H and O–H groups in total. The molecule has 2 aromatic carbocycles. The quantitative estimate of drug-likeness (QED) is 0.832. The number of hydrogen-bond acceptors (Lipinski definition) is 3. The van der Waals surface area contributed by atoms with Crippen LogP contribution >= 0.6 is 0 Å². The third-order valence-corrected chi connectivity index (χ3v) is 4.17. The Kier molecular flexibility index (Phi) is 5.38. The Balaban J connectivity index is 1.92. The predicted octanol–water partition coefficient (Wildman–Crippen LogP) is 3.78. The number of benzene rings is 2. The number of rotatable bonds is 3. The maximum atomic E-state index is 13.3. The first-order valence-corrected chi connectivity index (χ1v) is 8.30. The first kappa shape index (κ1) is 18.8. The Morgan fingerprint density at radius 2 is 1.89 bits per heavy atom. The molecule has 7 heteroatoms. The van der Waals surface area contributed by atoms with Gasteiger partial charge in [-0.05, 0) is 36.4 Å². The average molecular weight is 374 g/mol. The lowest BCUT2D eigenvalue weighted by molar-refractivity contribution is -0.137. The van der Waals surface area contributed by atoms with Gasteiger partial charge < -0.3 is 15.0 Å². The van der Waals surface area contributed by atoms with Crippen LogP contribution in [0.5, 0.6) is 0 Å². The molecular formula is C20H17F3N2O2. The molecule has 1 aliphatic rings. The fourth-order valence-electron chi connectivity index (χ4n) is 2.80. The first-order chi connectivity index (χ1) is 12.9. The van der Waals surface area contributed by atoms with Crippen molar-refractivity contribution in [1.82, 2.24) is 0 Å². The molecule has 1 heterocycles. The van der Waals surface area contributed by atoms with Crippen molar-refractivity contribution in [2.24, 2.45) is 0 Å². The number of anilines is 2. The molecule has 0 atom stereocenters. The van der Waals surface area contributed by atoms with E-state index in [9.17, 15) is 18.0 Å². The molecule has 27 heavy (non-hydrogen) atoms. The summed E-state index contributed by atoms with van der Waals surface area (Å²) < 4.78 is 45.2. The van der Waals surface area contributed by atoms with E-state index in [-0.39, 0.29) is 5.56 Å². The Bertz CT molecular complexity index is 882. The van der Waals surface area contributed by atoms with Gasteiger partial charge in [-0.15, -0.1) is 6.42 Å². The van der Waals surface area contributed by atoms with Crippen LogP contribution in [0.15, 0.2) is 42.5 Å². The number of ether oxygens (including phenoxy) is 1. The van der Waals surface area contributed by atoms with Crippen LogP contribution in [0.2, 0.25) is 0 Å². The number of carbonyl (C=O) groups excluding carboxylic acids is 1. The van der Waals surface area contributed by atoms with Crippen molar-refractivity contribution in [3.63, 3.8) is 0 Å². The van der Waals surface area contributed by atoms with E-state index in [0.29, 0.717) is 43.2 Å². The Morgan fingerprint density at radius 3 is 2.56 bits per heavy atom. The van der Waals surface area contributed by atoms with Crippen molar-refractivity contribution in [3.05, 3.63) is 59.2 Å². The molecule has 0 aromatic heterocycles. The van der Waals surface area contributed by atoms with Gasteiger partial charge >= 0.3 is 6.18 Å². The molecule has 1 saturated heterocycles. The highest BCUT2D eigenvalue weighted by molar-refractivity contribution is 6.05. The summed E-state index contributed by atoms with van der Waals surface area (Å²) >= 11 is 0. The highest BCUT2D eigenvalue weighted by Crippen LogP contribution is 2.33. The van der Waals surface area contributed by atoms with Crippen LogP contribution in [0.1, 0.15) is 21.5 Å². The molecule has 0 unspecified atom stereocenters. The number of halogens is 3. The molecule has 0 spiro atoms. The summed E-state index contributed by atoms with van der Waals surface area (Å²) in [6.45, 7) is 1.78. The van der Waals surface area contributed by atoms with Crippen molar-refractivity contribution in [1.29, 1.82) is 0 Å². The molecule has 1 aliphatic heterocycles. The van der Waals surface area contributed by atoms with Crippen molar-refractivity contribution in [2.45, 2.75) is 6.18 Å². The first-order valence-electron chi connectivity index (χ1n) is 8.30. The van der Waals surface area contributed by atoms with Crippen LogP contribution in [0.3, 0.4) is 0 Å². The normalized spacial score (nSPS) is 14.5. The number of terminal acetylenes is 1. The molecule has 2 aromatic rings. The maximum Gasteiger partial charge on any atom is 0.416 e. The SMILES string of the molecule is C#Cc1cccc(NC(=O)c2cc(N3CCOCC3)cc(C(F)(F)F)c2)c1. The van der Waals surface area contributed by atoms with Crippen LogP contribution in [0, 0.1) is 12.3 Å². The second-order valence-corrected chi connectivity index (χ2v) is 6.05. The van der Waals surface area contributed by atoms with E-state index in [4.69, 9.17) is 11.2 Å². The minimum Gasteiger partial charge on any atom is -0.378 e. The van der Waals surface area contributed by atoms with Gasteiger partial charge in [-0.1, -0.05) is 12.0 Å². The van der Waals surface area contributed by atoms with Gasteiger partial charge in [0.1, 0.15) is 0 Å². The number of alkyl halides is 3. The summed E-state index contributed by atoms with van der Waals surface area (Å²) in [7, 11) is 0. The molecule has 3 rings (SSSR count). The average Bonchev–Trinajstić information content (AvgIpc) is 2.67. The summed E-state index contributed by atoms with van der Waals surface area (Å²) in [5.74, 6) is 1.81. The number of carbonyl (C=O) groups is 1. The second-order valence-electron chi connectivity index (χ2n) is 6.05. The van der Waals surface area contributed by atoms with Gasteiger partial charge in [0.2, 0.25) is 0 Å². The molecule has 1 fully saturated rings. The molecule has 4 nitrogen and oxygen atoms in total. The molecule has 0 bridgehead atoms. The van der Waals surface area contributed by atoms with Crippen LogP contribution in [-0.2, 0) is 10.9 Å². The fraction of sp³-hybridized carbons (Fsp3) is 0.250. The van der Waals surface area contributed by atoms with Gasteiger partial charge in [0.05, 0.1) is 18.8 Å². The Hall–Kier alpha value is -2.98. The number of amides is 1.